The fourth-order valence-corrected chi connectivity index (χ4v) is 2.93. The van der Waals surface area contributed by atoms with Crippen molar-refractivity contribution in [1.82, 2.24) is 9.88 Å². The number of nitrogens with zero attached hydrogens (tertiary/aromatic N) is 1. The molecule has 0 radical (unpaired) electrons. The molecule has 0 aliphatic heterocycles. The van der Waals surface area contributed by atoms with Crippen LogP contribution in [0.1, 0.15) is 34.6 Å². The van der Waals surface area contributed by atoms with Gasteiger partial charge in [0.05, 0.1) is 5.52 Å². The topological polar surface area (TPSA) is 82.3 Å². The lowest BCUT2D eigenvalue weighted by Gasteiger charge is -2.18. The summed E-state index contributed by atoms with van der Waals surface area (Å²) >= 11 is 0. The van der Waals surface area contributed by atoms with Crippen LogP contribution in [0.25, 0.3) is 10.9 Å². The summed E-state index contributed by atoms with van der Waals surface area (Å²) in [4.78, 5) is 41.2. The Morgan fingerprint density at radius 1 is 1.04 bits per heavy atom. The first-order valence-corrected chi connectivity index (χ1v) is 8.96. The Balaban J connectivity index is 1.80. The van der Waals surface area contributed by atoms with Gasteiger partial charge in [-0.15, -0.1) is 0 Å². The standard InChI is InChI=1S/C21H20FN3O3/c1-3-25(4-2)21(28)13-6-9-16(10-7-13)23-19(26)17-11-14-5-8-15(22)12-18(14)24-20(17)27/h5-12H,3-4H2,1-2H3,(H,23,26)(H,24,27). The van der Waals surface area contributed by atoms with Crippen molar-refractivity contribution < 1.29 is 14.0 Å². The number of amides is 2. The van der Waals surface area contributed by atoms with Crippen LogP contribution in [0.15, 0.2) is 53.3 Å². The van der Waals surface area contributed by atoms with Crippen LogP contribution < -0.4 is 10.9 Å². The van der Waals surface area contributed by atoms with Gasteiger partial charge in [-0.2, -0.15) is 0 Å². The maximum absolute atomic E-state index is 13.3. The Morgan fingerprint density at radius 3 is 2.36 bits per heavy atom. The summed E-state index contributed by atoms with van der Waals surface area (Å²) in [6.07, 6.45) is 0. The van der Waals surface area contributed by atoms with E-state index in [2.05, 4.69) is 10.3 Å². The number of anilines is 1. The van der Waals surface area contributed by atoms with Crippen molar-refractivity contribution in [2.45, 2.75) is 13.8 Å². The van der Waals surface area contributed by atoms with Crippen molar-refractivity contribution in [3.63, 3.8) is 0 Å². The highest BCUT2D eigenvalue weighted by atomic mass is 19.1. The van der Waals surface area contributed by atoms with Gasteiger partial charge in [0, 0.05) is 24.3 Å². The molecule has 0 aliphatic carbocycles. The summed E-state index contributed by atoms with van der Waals surface area (Å²) in [7, 11) is 0. The largest absolute Gasteiger partial charge is 0.339 e. The SMILES string of the molecule is CCN(CC)C(=O)c1ccc(NC(=O)c2cc3ccc(F)cc3[nH]c2=O)cc1. The number of carbonyl (C=O) groups is 2. The van der Waals surface area contributed by atoms with Crippen LogP contribution in [0.3, 0.4) is 0 Å². The molecule has 0 saturated carbocycles. The van der Waals surface area contributed by atoms with Gasteiger partial charge in [-0.3, -0.25) is 14.4 Å². The van der Waals surface area contributed by atoms with Gasteiger partial charge in [0.1, 0.15) is 11.4 Å². The van der Waals surface area contributed by atoms with Gasteiger partial charge in [-0.25, -0.2) is 4.39 Å². The summed E-state index contributed by atoms with van der Waals surface area (Å²) in [5.74, 6) is -1.14. The number of hydrogen-bond acceptors (Lipinski definition) is 3. The molecular weight excluding hydrogens is 361 g/mol. The average molecular weight is 381 g/mol. The number of H-pyrrole nitrogens is 1. The van der Waals surface area contributed by atoms with Gasteiger partial charge in [0.15, 0.2) is 0 Å². The van der Waals surface area contributed by atoms with Gasteiger partial charge in [-0.1, -0.05) is 0 Å². The van der Waals surface area contributed by atoms with Crippen molar-refractivity contribution >= 4 is 28.4 Å². The van der Waals surface area contributed by atoms with E-state index >= 15 is 0 Å². The number of halogens is 1. The molecule has 0 aliphatic rings. The molecule has 0 fully saturated rings. The number of pyridine rings is 1. The van der Waals surface area contributed by atoms with Gasteiger partial charge in [-0.05, 0) is 67.8 Å². The molecule has 0 atom stereocenters. The van der Waals surface area contributed by atoms with Crippen molar-refractivity contribution in [2.24, 2.45) is 0 Å². The van der Waals surface area contributed by atoms with E-state index in [0.717, 1.165) is 0 Å². The lowest BCUT2D eigenvalue weighted by Crippen LogP contribution is -2.30. The van der Waals surface area contributed by atoms with E-state index in [9.17, 15) is 18.8 Å². The third-order valence-electron chi connectivity index (χ3n) is 4.49. The second kappa shape index (κ2) is 8.04. The van der Waals surface area contributed by atoms with Crippen molar-refractivity contribution in [2.75, 3.05) is 18.4 Å². The minimum atomic E-state index is -0.607. The van der Waals surface area contributed by atoms with Crippen LogP contribution >= 0.6 is 0 Å². The second-order valence-electron chi connectivity index (χ2n) is 6.25. The molecule has 28 heavy (non-hydrogen) atoms. The van der Waals surface area contributed by atoms with Crippen LogP contribution in [-0.2, 0) is 0 Å². The predicted molar refractivity (Wildman–Crippen MR) is 106 cm³/mol. The molecule has 3 aromatic rings. The van der Waals surface area contributed by atoms with E-state index in [4.69, 9.17) is 0 Å². The van der Waals surface area contributed by atoms with E-state index < -0.39 is 17.3 Å². The number of aromatic nitrogens is 1. The minimum Gasteiger partial charge on any atom is -0.339 e. The Bertz CT molecular complexity index is 1090. The van der Waals surface area contributed by atoms with E-state index in [1.165, 1.54) is 24.3 Å². The number of benzene rings is 2. The van der Waals surface area contributed by atoms with E-state index in [1.807, 2.05) is 13.8 Å². The smallest absolute Gasteiger partial charge is 0.261 e. The quantitative estimate of drug-likeness (QED) is 0.711. The molecule has 2 aromatic carbocycles. The van der Waals surface area contributed by atoms with Crippen LogP contribution in [0.2, 0.25) is 0 Å². The third-order valence-corrected chi connectivity index (χ3v) is 4.49. The van der Waals surface area contributed by atoms with E-state index in [0.29, 0.717) is 35.2 Å². The molecule has 0 bridgehead atoms. The fourth-order valence-electron chi connectivity index (χ4n) is 2.93. The van der Waals surface area contributed by atoms with Crippen molar-refractivity contribution in [3.8, 4) is 0 Å². The summed E-state index contributed by atoms with van der Waals surface area (Å²) in [5, 5.41) is 3.19. The highest BCUT2D eigenvalue weighted by Gasteiger charge is 2.15. The first kappa shape index (κ1) is 19.3. The molecule has 0 unspecified atom stereocenters. The Kier molecular flexibility index (Phi) is 5.54. The number of aromatic amines is 1. The van der Waals surface area contributed by atoms with Gasteiger partial charge >= 0.3 is 0 Å². The zero-order valence-electron chi connectivity index (χ0n) is 15.6. The van der Waals surface area contributed by atoms with Crippen molar-refractivity contribution in [3.05, 3.63) is 75.8 Å². The summed E-state index contributed by atoms with van der Waals surface area (Å²) in [5.41, 5.74) is 0.610. The van der Waals surface area contributed by atoms with E-state index in [1.54, 1.807) is 29.2 Å². The monoisotopic (exact) mass is 381 g/mol. The predicted octanol–water partition coefficient (Wildman–Crippen LogP) is 3.40. The maximum Gasteiger partial charge on any atom is 0.261 e. The van der Waals surface area contributed by atoms with E-state index in [-0.39, 0.29) is 11.5 Å². The Morgan fingerprint density at radius 2 is 1.71 bits per heavy atom. The molecular formula is C21H20FN3O3. The molecule has 2 amide bonds. The number of carbonyl (C=O) groups excluding carboxylic acids is 2. The van der Waals surface area contributed by atoms with Crippen LogP contribution in [0, 0.1) is 5.82 Å². The van der Waals surface area contributed by atoms with Crippen LogP contribution in [0.4, 0.5) is 10.1 Å². The molecule has 7 heteroatoms. The van der Waals surface area contributed by atoms with Crippen molar-refractivity contribution in [1.29, 1.82) is 0 Å². The zero-order valence-corrected chi connectivity index (χ0v) is 15.6. The molecule has 1 heterocycles. The van der Waals surface area contributed by atoms with Crippen LogP contribution in [-0.4, -0.2) is 34.8 Å². The lowest BCUT2D eigenvalue weighted by atomic mass is 10.1. The van der Waals surface area contributed by atoms with Gasteiger partial charge < -0.3 is 15.2 Å². The molecule has 0 saturated heterocycles. The van der Waals surface area contributed by atoms with Gasteiger partial charge in [0.2, 0.25) is 0 Å². The highest BCUT2D eigenvalue weighted by molar-refractivity contribution is 6.06. The molecule has 6 nitrogen and oxygen atoms in total. The number of rotatable bonds is 5. The highest BCUT2D eigenvalue weighted by Crippen LogP contribution is 2.15. The molecule has 144 valence electrons. The van der Waals surface area contributed by atoms with Gasteiger partial charge in [0.25, 0.3) is 17.4 Å². The zero-order chi connectivity index (χ0) is 20.3. The number of fused-ring (bicyclic) bond motifs is 1. The van der Waals surface area contributed by atoms with Crippen LogP contribution in [0.5, 0.6) is 0 Å². The second-order valence-corrected chi connectivity index (χ2v) is 6.25. The molecule has 0 spiro atoms. The Hall–Kier alpha value is -3.48. The average Bonchev–Trinajstić information content (AvgIpc) is 2.68. The first-order chi connectivity index (χ1) is 13.4. The molecule has 3 rings (SSSR count). The normalized spacial score (nSPS) is 10.7. The third kappa shape index (κ3) is 3.93. The summed E-state index contributed by atoms with van der Waals surface area (Å²) < 4.78 is 13.3. The molecule has 2 N–H and O–H groups in total. The molecule has 1 aromatic heterocycles. The lowest BCUT2D eigenvalue weighted by molar-refractivity contribution is 0.0773. The first-order valence-electron chi connectivity index (χ1n) is 8.96. The summed E-state index contributed by atoms with van der Waals surface area (Å²) in [6.45, 7) is 5.04. The summed E-state index contributed by atoms with van der Waals surface area (Å²) in [6, 6.07) is 11.8. The number of hydrogen-bond donors (Lipinski definition) is 2. The maximum atomic E-state index is 13.3. The minimum absolute atomic E-state index is 0.0811. The fraction of sp³-hybridized carbons (Fsp3) is 0.190. The Labute approximate surface area is 161 Å². The number of nitrogens with one attached hydrogen (secondary N) is 2.